The van der Waals surface area contributed by atoms with Crippen LogP contribution in [0.1, 0.15) is 99.8 Å². The zero-order chi connectivity index (χ0) is 20.7. The lowest BCUT2D eigenvalue weighted by molar-refractivity contribution is 0.0633. The van der Waals surface area contributed by atoms with Gasteiger partial charge < -0.3 is 14.0 Å². The van der Waals surface area contributed by atoms with E-state index in [1.54, 1.807) is 0 Å². The third-order valence-corrected chi connectivity index (χ3v) is 7.57. The highest BCUT2D eigenvalue weighted by Crippen LogP contribution is 2.29. The van der Waals surface area contributed by atoms with Gasteiger partial charge in [-0.15, -0.1) is 36.2 Å². The second-order valence-electron chi connectivity index (χ2n) is 7.09. The van der Waals surface area contributed by atoms with Crippen LogP contribution in [0.2, 0.25) is 0 Å². The monoisotopic (exact) mass is 438 g/mol. The average Bonchev–Trinajstić information content (AvgIpc) is 2.61. The first-order chi connectivity index (χ1) is 12.9. The molecule has 0 rings (SSSR count). The first-order valence-corrected chi connectivity index (χ1v) is 13.2. The third kappa shape index (κ3) is 14.6. The molecule has 0 aliphatic carbocycles. The van der Waals surface area contributed by atoms with Crippen molar-refractivity contribution in [2.24, 2.45) is 0 Å². The largest absolute Gasteiger partial charge is 0.641 e. The van der Waals surface area contributed by atoms with Gasteiger partial charge in [0, 0.05) is 10.5 Å². The lowest BCUT2D eigenvalue weighted by atomic mass is 10.2. The van der Waals surface area contributed by atoms with Gasteiger partial charge in [0.05, 0.1) is 16.3 Å². The molecule has 0 radical (unpaired) electrons. The maximum atomic E-state index is 6.33. The summed E-state index contributed by atoms with van der Waals surface area (Å²) in [6, 6.07) is 0. The highest BCUT2D eigenvalue weighted by molar-refractivity contribution is 8.00. The Morgan fingerprint density at radius 3 is 1.44 bits per heavy atom. The number of thioether (sulfide) groups is 2. The molecular weight excluding hydrogens is 395 g/mol. The van der Waals surface area contributed by atoms with Crippen molar-refractivity contribution in [2.75, 3.05) is 0 Å². The lowest BCUT2D eigenvalue weighted by Gasteiger charge is -2.28. The van der Waals surface area contributed by atoms with Gasteiger partial charge in [-0.05, 0) is 32.1 Å². The molecule has 0 saturated carbocycles. The smallest absolute Gasteiger partial charge is 0.374 e. The van der Waals surface area contributed by atoms with Crippen molar-refractivity contribution in [2.45, 2.75) is 127 Å². The van der Waals surface area contributed by atoms with Gasteiger partial charge in [-0.25, -0.2) is 0 Å². The molecule has 7 heteroatoms. The molecule has 0 aliphatic heterocycles. The quantitative estimate of drug-likeness (QED) is 0.137. The van der Waals surface area contributed by atoms with Crippen molar-refractivity contribution < 1.29 is 14.0 Å². The van der Waals surface area contributed by atoms with Crippen molar-refractivity contribution in [3.63, 3.8) is 0 Å². The summed E-state index contributed by atoms with van der Waals surface area (Å²) >= 11 is 8.35. The maximum Gasteiger partial charge on any atom is 0.641 e. The van der Waals surface area contributed by atoms with E-state index in [2.05, 4.69) is 61.1 Å². The van der Waals surface area contributed by atoms with E-state index in [-0.39, 0.29) is 16.3 Å². The zero-order valence-corrected chi connectivity index (χ0v) is 21.1. The van der Waals surface area contributed by atoms with Crippen molar-refractivity contribution in [3.8, 4) is 0 Å². The molecule has 27 heavy (non-hydrogen) atoms. The molecule has 3 nitrogen and oxygen atoms in total. The Morgan fingerprint density at radius 2 is 1.11 bits per heavy atom. The number of rotatable bonds is 18. The Morgan fingerprint density at radius 1 is 0.704 bits per heavy atom. The summed E-state index contributed by atoms with van der Waals surface area (Å²) in [5.41, 5.74) is 0.0210. The van der Waals surface area contributed by atoms with Gasteiger partial charge in [0.25, 0.3) is 0 Å². The molecular formula is C20H43BO3S3. The molecule has 0 heterocycles. The summed E-state index contributed by atoms with van der Waals surface area (Å²) in [4.78, 5) is 0. The number of thiol groups is 1. The van der Waals surface area contributed by atoms with Crippen molar-refractivity contribution >= 4 is 43.5 Å². The van der Waals surface area contributed by atoms with E-state index in [0.717, 1.165) is 51.4 Å². The summed E-state index contributed by atoms with van der Waals surface area (Å²) in [6.07, 6.45) is 8.35. The van der Waals surface area contributed by atoms with Crippen LogP contribution in [0.5, 0.6) is 0 Å². The minimum atomic E-state index is -0.653. The maximum absolute atomic E-state index is 6.33. The van der Waals surface area contributed by atoms with Crippen LogP contribution in [0, 0.1) is 0 Å². The molecule has 0 spiro atoms. The molecule has 0 aromatic heterocycles. The van der Waals surface area contributed by atoms with E-state index >= 15 is 0 Å². The second kappa shape index (κ2) is 17.8. The summed E-state index contributed by atoms with van der Waals surface area (Å²) in [6.45, 7) is 15.5. The summed E-state index contributed by atoms with van der Waals surface area (Å²) < 4.78 is 18.7. The zero-order valence-electron chi connectivity index (χ0n) is 18.6. The summed E-state index contributed by atoms with van der Waals surface area (Å²) in [5.74, 6) is 0. The summed E-state index contributed by atoms with van der Waals surface area (Å²) in [7, 11) is -0.653. The van der Waals surface area contributed by atoms with Crippen LogP contribution in [0.25, 0.3) is 0 Å². The molecule has 0 aromatic carbocycles. The van der Waals surface area contributed by atoms with Crippen LogP contribution < -0.4 is 0 Å². The van der Waals surface area contributed by atoms with E-state index in [1.165, 1.54) is 0 Å². The van der Waals surface area contributed by atoms with E-state index < -0.39 is 7.32 Å². The molecule has 5 atom stereocenters. The molecule has 0 saturated heterocycles. The minimum absolute atomic E-state index is 0.0907. The topological polar surface area (TPSA) is 27.7 Å². The van der Waals surface area contributed by atoms with Gasteiger partial charge in [0.1, 0.15) is 0 Å². The highest BCUT2D eigenvalue weighted by atomic mass is 32.2. The van der Waals surface area contributed by atoms with Gasteiger partial charge >= 0.3 is 7.32 Å². The molecule has 0 N–H and O–H groups in total. The fourth-order valence-corrected chi connectivity index (χ4v) is 5.14. The fourth-order valence-electron chi connectivity index (χ4n) is 2.31. The van der Waals surface area contributed by atoms with Gasteiger partial charge in [-0.3, -0.25) is 0 Å². The predicted molar refractivity (Wildman–Crippen MR) is 129 cm³/mol. The predicted octanol–water partition coefficient (Wildman–Crippen LogP) is 7.39. The standard InChI is InChI=1S/C20H43BO3S3/c1-8-13-18(25)22-21(23-19(14-9-2)26-16(6)11-4)24-20(15-10-3)27-17(7)12-5/h16-20,25H,8-15H2,1-7H3. The number of hydrogen-bond donors (Lipinski definition) is 1. The van der Waals surface area contributed by atoms with E-state index in [9.17, 15) is 0 Å². The van der Waals surface area contributed by atoms with Crippen LogP contribution in [0.3, 0.4) is 0 Å². The Balaban J connectivity index is 5.07. The summed E-state index contributed by atoms with van der Waals surface area (Å²) in [5, 5.41) is 1.12. The van der Waals surface area contributed by atoms with E-state index in [4.69, 9.17) is 14.0 Å². The fraction of sp³-hybridized carbons (Fsp3) is 1.00. The van der Waals surface area contributed by atoms with Crippen LogP contribution in [0.15, 0.2) is 0 Å². The van der Waals surface area contributed by atoms with Gasteiger partial charge in [0.2, 0.25) is 0 Å². The molecule has 5 unspecified atom stereocenters. The molecule has 0 bridgehead atoms. The number of hydrogen-bond acceptors (Lipinski definition) is 6. The first-order valence-electron chi connectivity index (χ1n) is 10.8. The molecule has 0 amide bonds. The van der Waals surface area contributed by atoms with Crippen molar-refractivity contribution in [3.05, 3.63) is 0 Å². The van der Waals surface area contributed by atoms with Crippen LogP contribution in [-0.4, -0.2) is 34.1 Å². The Kier molecular flexibility index (Phi) is 18.5. The highest BCUT2D eigenvalue weighted by Gasteiger charge is 2.32. The van der Waals surface area contributed by atoms with E-state index in [0.29, 0.717) is 10.5 Å². The molecule has 0 aromatic rings. The Bertz CT molecular complexity index is 316. The van der Waals surface area contributed by atoms with E-state index in [1.807, 2.05) is 23.5 Å². The second-order valence-corrected chi connectivity index (χ2v) is 10.9. The van der Waals surface area contributed by atoms with Crippen molar-refractivity contribution in [1.29, 1.82) is 0 Å². The van der Waals surface area contributed by atoms with Crippen LogP contribution in [-0.2, 0) is 14.0 Å². The molecule has 0 fully saturated rings. The normalized spacial score (nSPS) is 17.3. The van der Waals surface area contributed by atoms with Crippen molar-refractivity contribution in [1.82, 2.24) is 0 Å². The van der Waals surface area contributed by atoms with Crippen LogP contribution in [0.4, 0.5) is 0 Å². The van der Waals surface area contributed by atoms with Gasteiger partial charge in [-0.1, -0.05) is 67.7 Å². The molecule has 162 valence electrons. The van der Waals surface area contributed by atoms with Gasteiger partial charge in [-0.2, -0.15) is 0 Å². The minimum Gasteiger partial charge on any atom is -0.374 e. The SMILES string of the molecule is CCCC(S)OB(OC(CCC)SC(C)CC)OC(CCC)SC(C)CC. The third-order valence-electron chi connectivity index (χ3n) is 4.30. The van der Waals surface area contributed by atoms with Gasteiger partial charge in [0.15, 0.2) is 0 Å². The lowest BCUT2D eigenvalue weighted by Crippen LogP contribution is -2.37. The Hall–Kier alpha value is 0.995. The molecule has 0 aliphatic rings. The first kappa shape index (κ1) is 28.0. The average molecular weight is 439 g/mol. The van der Waals surface area contributed by atoms with Crippen LogP contribution >= 0.6 is 36.2 Å². The Labute approximate surface area is 183 Å².